The number of halogens is 1. The van der Waals surface area contributed by atoms with Crippen molar-refractivity contribution >= 4 is 46.5 Å². The summed E-state index contributed by atoms with van der Waals surface area (Å²) in [5, 5.41) is 1.99. The fraction of sp³-hybridized carbons (Fsp3) is 0.0556. The van der Waals surface area contributed by atoms with Crippen LogP contribution in [-0.2, 0) is 0 Å². The van der Waals surface area contributed by atoms with Gasteiger partial charge in [-0.2, -0.15) is 0 Å². The quantitative estimate of drug-likeness (QED) is 0.379. The summed E-state index contributed by atoms with van der Waals surface area (Å²) in [5.41, 5.74) is 2.80. The van der Waals surface area contributed by atoms with Crippen molar-refractivity contribution in [3.8, 4) is 21.1 Å². The summed E-state index contributed by atoms with van der Waals surface area (Å²) in [4.78, 5) is 22.1. The van der Waals surface area contributed by atoms with E-state index in [1.54, 1.807) is 31.8 Å². The van der Waals surface area contributed by atoms with Crippen molar-refractivity contribution in [3.05, 3.63) is 53.8 Å². The molecule has 6 nitrogen and oxygen atoms in total. The average Bonchev–Trinajstić information content (AvgIpc) is 3.29. The van der Waals surface area contributed by atoms with E-state index in [1.807, 2.05) is 18.2 Å². The second kappa shape index (κ2) is 6.78. The molecule has 0 bridgehead atoms. The highest BCUT2D eigenvalue weighted by Crippen LogP contribution is 2.40. The molecule has 0 aliphatic carbocycles. The monoisotopic (exact) mass is 381 g/mol. The lowest BCUT2D eigenvalue weighted by Crippen LogP contribution is -2.01. The van der Waals surface area contributed by atoms with Crippen LogP contribution in [0.2, 0.25) is 5.15 Å². The Kier molecular flexibility index (Phi) is 4.32. The fourth-order valence-electron chi connectivity index (χ4n) is 2.58. The highest BCUT2D eigenvalue weighted by Gasteiger charge is 2.19. The Balaban J connectivity index is 1.93. The predicted molar refractivity (Wildman–Crippen MR) is 105 cm³/mol. The van der Waals surface area contributed by atoms with Crippen LogP contribution in [0.15, 0.2) is 57.3 Å². The summed E-state index contributed by atoms with van der Waals surface area (Å²) >= 11 is 7.88. The molecule has 128 valence electrons. The van der Waals surface area contributed by atoms with Gasteiger partial charge in [-0.25, -0.2) is 15.0 Å². The lowest BCUT2D eigenvalue weighted by atomic mass is 10.2. The van der Waals surface area contributed by atoms with E-state index < -0.39 is 0 Å². The van der Waals surface area contributed by atoms with Crippen molar-refractivity contribution in [3.63, 3.8) is 0 Å². The third-order valence-corrected chi connectivity index (χ3v) is 5.25. The minimum atomic E-state index is 0.377. The number of pyridine rings is 2. The summed E-state index contributed by atoms with van der Waals surface area (Å²) in [7, 11) is 1.64. The summed E-state index contributed by atoms with van der Waals surface area (Å²) in [6.07, 6.45) is 5.08. The minimum absolute atomic E-state index is 0.377. The molecule has 0 radical (unpaired) electrons. The van der Waals surface area contributed by atoms with Gasteiger partial charge >= 0.3 is 0 Å². The number of aromatic nitrogens is 3. The smallest absolute Gasteiger partial charge is 0.172 e. The first-order valence-electron chi connectivity index (χ1n) is 7.60. The Bertz CT molecular complexity index is 1130. The number of rotatable bonds is 3. The number of aliphatic imine (C=N–C) groups is 2. The van der Waals surface area contributed by atoms with E-state index in [1.165, 1.54) is 11.3 Å². The van der Waals surface area contributed by atoms with Crippen LogP contribution in [0.5, 0.6) is 0 Å². The lowest BCUT2D eigenvalue weighted by Gasteiger charge is -2.04. The molecule has 0 fully saturated rings. The van der Waals surface area contributed by atoms with E-state index in [4.69, 9.17) is 21.0 Å². The van der Waals surface area contributed by atoms with Crippen LogP contribution in [-0.4, -0.2) is 34.6 Å². The topological polar surface area (TPSA) is 76.5 Å². The second-order valence-corrected chi connectivity index (χ2v) is 6.63. The molecule has 26 heavy (non-hydrogen) atoms. The van der Waals surface area contributed by atoms with Crippen LogP contribution in [0.25, 0.3) is 32.1 Å². The van der Waals surface area contributed by atoms with Gasteiger partial charge in [-0.3, -0.25) is 9.98 Å². The molecule has 0 saturated carbocycles. The van der Waals surface area contributed by atoms with Gasteiger partial charge in [0.2, 0.25) is 0 Å². The number of nitrogens with zero attached hydrogens (tertiary/aromatic N) is 5. The number of hydrogen-bond donors (Lipinski definition) is 0. The molecule has 0 saturated heterocycles. The summed E-state index contributed by atoms with van der Waals surface area (Å²) in [6.45, 7) is 3.55. The lowest BCUT2D eigenvalue weighted by molar-refractivity contribution is 0.615. The van der Waals surface area contributed by atoms with Crippen LogP contribution in [0.3, 0.4) is 0 Å². The van der Waals surface area contributed by atoms with Crippen molar-refractivity contribution < 1.29 is 4.42 Å². The fourth-order valence-corrected chi connectivity index (χ4v) is 3.87. The van der Waals surface area contributed by atoms with Gasteiger partial charge in [0.15, 0.2) is 5.84 Å². The Morgan fingerprint density at radius 2 is 2.19 bits per heavy atom. The van der Waals surface area contributed by atoms with Crippen LogP contribution in [0.1, 0.15) is 5.69 Å². The molecule has 0 N–H and O–H groups in total. The molecule has 0 aliphatic rings. The molecule has 4 heterocycles. The maximum atomic E-state index is 6.44. The summed E-state index contributed by atoms with van der Waals surface area (Å²) in [5.74, 6) is 0.428. The highest BCUT2D eigenvalue weighted by atomic mass is 35.5. The normalized spacial score (nSPS) is 11.8. The number of furan rings is 1. The Morgan fingerprint density at radius 1 is 1.31 bits per heavy atom. The second-order valence-electron chi connectivity index (χ2n) is 5.27. The van der Waals surface area contributed by atoms with Crippen molar-refractivity contribution in [2.75, 3.05) is 7.05 Å². The number of hydrogen-bond acceptors (Lipinski definition) is 6. The van der Waals surface area contributed by atoms with E-state index in [9.17, 15) is 0 Å². The molecule has 8 heteroatoms. The zero-order chi connectivity index (χ0) is 18.1. The number of fused-ring (bicyclic) bond motifs is 1. The zero-order valence-corrected chi connectivity index (χ0v) is 15.3. The molecule has 0 aliphatic heterocycles. The van der Waals surface area contributed by atoms with E-state index in [-0.39, 0.29) is 0 Å². The number of amidine groups is 1. The Hall–Kier alpha value is -2.90. The summed E-state index contributed by atoms with van der Waals surface area (Å²) in [6, 6.07) is 7.43. The summed E-state index contributed by atoms with van der Waals surface area (Å²) < 4.78 is 5.57. The van der Waals surface area contributed by atoms with Gasteiger partial charge in [0, 0.05) is 36.5 Å². The Labute approximate surface area is 158 Å². The molecular weight excluding hydrogens is 370 g/mol. The first-order chi connectivity index (χ1) is 12.7. The molecule has 4 aromatic heterocycles. The molecule has 0 aromatic carbocycles. The number of thiazole rings is 1. The van der Waals surface area contributed by atoms with Gasteiger partial charge in [0.25, 0.3) is 0 Å². The largest absolute Gasteiger partial charge is 0.464 e. The zero-order valence-electron chi connectivity index (χ0n) is 13.7. The van der Waals surface area contributed by atoms with E-state index in [2.05, 4.69) is 26.7 Å². The third kappa shape index (κ3) is 2.81. The highest BCUT2D eigenvalue weighted by molar-refractivity contribution is 7.19. The average molecular weight is 382 g/mol. The molecule has 0 spiro atoms. The maximum Gasteiger partial charge on any atom is 0.172 e. The van der Waals surface area contributed by atoms with Gasteiger partial charge in [-0.1, -0.05) is 11.6 Å². The van der Waals surface area contributed by atoms with Gasteiger partial charge in [-0.05, 0) is 24.9 Å². The van der Waals surface area contributed by atoms with E-state index in [0.29, 0.717) is 28.0 Å². The van der Waals surface area contributed by atoms with Crippen LogP contribution in [0, 0.1) is 0 Å². The van der Waals surface area contributed by atoms with E-state index >= 15 is 0 Å². The van der Waals surface area contributed by atoms with Crippen LogP contribution in [0.4, 0.5) is 0 Å². The van der Waals surface area contributed by atoms with Gasteiger partial charge in [0.05, 0.1) is 16.8 Å². The van der Waals surface area contributed by atoms with Gasteiger partial charge < -0.3 is 4.42 Å². The molecule has 0 unspecified atom stereocenters. The predicted octanol–water partition coefficient (Wildman–Crippen LogP) is 4.74. The van der Waals surface area contributed by atoms with Crippen molar-refractivity contribution in [2.45, 2.75) is 0 Å². The Morgan fingerprint density at radius 3 is 2.92 bits per heavy atom. The first-order valence-corrected chi connectivity index (χ1v) is 8.80. The van der Waals surface area contributed by atoms with Gasteiger partial charge in [-0.15, -0.1) is 11.3 Å². The van der Waals surface area contributed by atoms with Crippen LogP contribution >= 0.6 is 22.9 Å². The SMILES string of the molecule is C=NC(=NC)c1cc2occc2c(-c2sc(-c3cccnc3)nc2Cl)n1. The molecule has 4 rings (SSSR count). The van der Waals surface area contributed by atoms with Crippen molar-refractivity contribution in [1.29, 1.82) is 0 Å². The van der Waals surface area contributed by atoms with E-state index in [0.717, 1.165) is 20.8 Å². The third-order valence-electron chi connectivity index (χ3n) is 3.75. The minimum Gasteiger partial charge on any atom is -0.464 e. The van der Waals surface area contributed by atoms with Crippen LogP contribution < -0.4 is 0 Å². The van der Waals surface area contributed by atoms with Gasteiger partial charge in [0.1, 0.15) is 21.4 Å². The molecule has 0 amide bonds. The van der Waals surface area contributed by atoms with Crippen molar-refractivity contribution in [1.82, 2.24) is 15.0 Å². The molecule has 4 aromatic rings. The van der Waals surface area contributed by atoms with Crippen molar-refractivity contribution in [2.24, 2.45) is 9.98 Å². The first kappa shape index (κ1) is 16.6. The molecule has 0 atom stereocenters. The standard InChI is InChI=1S/C18H12ClN5OS/c1-20-17(21-2)12-8-13-11(5-7-25-13)14(23-12)15-16(19)24-18(26-15)10-4-3-6-22-9-10/h3-9H,1H2,2H3. The molecular formula is C18H12ClN5OS. The maximum absolute atomic E-state index is 6.44.